The van der Waals surface area contributed by atoms with Crippen molar-refractivity contribution in [3.63, 3.8) is 0 Å². The molecule has 0 saturated carbocycles. The van der Waals surface area contributed by atoms with Gasteiger partial charge in [-0.1, -0.05) is 31.2 Å². The molecular weight excluding hydrogens is 268 g/mol. The van der Waals surface area contributed by atoms with Gasteiger partial charge in [0.25, 0.3) is 0 Å². The van der Waals surface area contributed by atoms with Gasteiger partial charge in [-0.3, -0.25) is 4.79 Å². The Morgan fingerprint density at radius 2 is 2.15 bits per heavy atom. The number of fused-ring (bicyclic) bond motifs is 1. The minimum absolute atomic E-state index is 0.0780. The van der Waals surface area contributed by atoms with Crippen LogP contribution in [-0.2, 0) is 17.8 Å². The lowest BCUT2D eigenvalue weighted by molar-refractivity contribution is -0.134. The third kappa shape index (κ3) is 3.36. The van der Waals surface area contributed by atoms with Crippen LogP contribution in [0.5, 0.6) is 0 Å². The number of likely N-dealkylation sites (N-methyl/N-ethyl adjacent to an activating group) is 1. The van der Waals surface area contributed by atoms with Crippen molar-refractivity contribution >= 4 is 17.7 Å². The molecule has 1 unspecified atom stereocenters. The Kier molecular flexibility index (Phi) is 5.49. The maximum Gasteiger partial charge on any atom is 0.240 e. The fourth-order valence-corrected chi connectivity index (χ4v) is 3.59. The standard InChI is InChI=1S/C16H24N2OS/c1-4-14(11-20-3)18(2)16(19)15-9-12-7-5-6-8-13(12)10-17-15/h5-8,14-15,17H,4,9-11H2,1-3H3/t14?,15-/m0/s1. The van der Waals surface area contributed by atoms with Crippen LogP contribution in [-0.4, -0.2) is 41.9 Å². The first kappa shape index (κ1) is 15.4. The lowest BCUT2D eigenvalue weighted by Gasteiger charge is -2.33. The van der Waals surface area contributed by atoms with Crippen molar-refractivity contribution in [3.05, 3.63) is 35.4 Å². The largest absolute Gasteiger partial charge is 0.341 e. The molecule has 0 fully saturated rings. The lowest BCUT2D eigenvalue weighted by atomic mass is 9.95. The van der Waals surface area contributed by atoms with E-state index in [1.54, 1.807) is 11.8 Å². The quantitative estimate of drug-likeness (QED) is 0.904. The summed E-state index contributed by atoms with van der Waals surface area (Å²) in [6.07, 6.45) is 3.90. The number of thioether (sulfide) groups is 1. The zero-order valence-corrected chi connectivity index (χ0v) is 13.4. The van der Waals surface area contributed by atoms with E-state index in [0.717, 1.165) is 25.1 Å². The molecule has 1 amide bonds. The molecule has 1 aromatic rings. The van der Waals surface area contributed by atoms with E-state index in [0.29, 0.717) is 6.04 Å². The van der Waals surface area contributed by atoms with Crippen LogP contribution in [0.4, 0.5) is 0 Å². The van der Waals surface area contributed by atoms with Gasteiger partial charge in [-0.2, -0.15) is 11.8 Å². The zero-order valence-electron chi connectivity index (χ0n) is 12.6. The molecule has 20 heavy (non-hydrogen) atoms. The molecule has 1 aromatic carbocycles. The van der Waals surface area contributed by atoms with Crippen LogP contribution in [0, 0.1) is 0 Å². The summed E-state index contributed by atoms with van der Waals surface area (Å²) in [4.78, 5) is 14.6. The van der Waals surface area contributed by atoms with E-state index >= 15 is 0 Å². The van der Waals surface area contributed by atoms with Crippen LogP contribution < -0.4 is 5.32 Å². The number of amides is 1. The third-order valence-electron chi connectivity index (χ3n) is 4.11. The maximum atomic E-state index is 12.6. The van der Waals surface area contributed by atoms with Crippen LogP contribution in [0.25, 0.3) is 0 Å². The first-order valence-electron chi connectivity index (χ1n) is 7.23. The van der Waals surface area contributed by atoms with E-state index < -0.39 is 0 Å². The van der Waals surface area contributed by atoms with Gasteiger partial charge in [0.2, 0.25) is 5.91 Å². The van der Waals surface area contributed by atoms with Gasteiger partial charge in [-0.15, -0.1) is 0 Å². The van der Waals surface area contributed by atoms with Crippen LogP contribution in [0.2, 0.25) is 0 Å². The van der Waals surface area contributed by atoms with Crippen LogP contribution in [0.15, 0.2) is 24.3 Å². The molecule has 0 spiro atoms. The first-order chi connectivity index (χ1) is 9.67. The molecule has 0 aromatic heterocycles. The fraction of sp³-hybridized carbons (Fsp3) is 0.562. The van der Waals surface area contributed by atoms with Crippen LogP contribution in [0.3, 0.4) is 0 Å². The lowest BCUT2D eigenvalue weighted by Crippen LogP contribution is -2.51. The molecular formula is C16H24N2OS. The minimum atomic E-state index is -0.0780. The smallest absolute Gasteiger partial charge is 0.240 e. The van der Waals surface area contributed by atoms with Crippen molar-refractivity contribution in [2.75, 3.05) is 19.1 Å². The molecule has 0 aliphatic carbocycles. The molecule has 4 heteroatoms. The molecule has 0 bridgehead atoms. The highest BCUT2D eigenvalue weighted by Gasteiger charge is 2.28. The van der Waals surface area contributed by atoms with E-state index in [-0.39, 0.29) is 11.9 Å². The summed E-state index contributed by atoms with van der Waals surface area (Å²) in [5.74, 6) is 1.22. The molecule has 0 radical (unpaired) electrons. The second-order valence-corrected chi connectivity index (χ2v) is 6.28. The van der Waals surface area contributed by atoms with Crippen molar-refractivity contribution in [2.24, 2.45) is 0 Å². The summed E-state index contributed by atoms with van der Waals surface area (Å²) in [5, 5.41) is 3.38. The molecule has 0 saturated heterocycles. The number of benzene rings is 1. The second kappa shape index (κ2) is 7.14. The Labute approximate surface area is 126 Å². The highest BCUT2D eigenvalue weighted by molar-refractivity contribution is 7.98. The van der Waals surface area contributed by atoms with E-state index in [1.165, 1.54) is 11.1 Å². The Balaban J connectivity index is 2.04. The van der Waals surface area contributed by atoms with Crippen molar-refractivity contribution in [3.8, 4) is 0 Å². The average molecular weight is 292 g/mol. The Bertz CT molecular complexity index is 464. The number of rotatable bonds is 5. The molecule has 2 atom stereocenters. The third-order valence-corrected chi connectivity index (χ3v) is 4.82. The van der Waals surface area contributed by atoms with E-state index in [1.807, 2.05) is 11.9 Å². The molecule has 1 N–H and O–H groups in total. The average Bonchev–Trinajstić information content (AvgIpc) is 2.50. The number of carbonyl (C=O) groups excluding carboxylic acids is 1. The predicted molar refractivity (Wildman–Crippen MR) is 86.0 cm³/mol. The SMILES string of the molecule is CCC(CSC)N(C)C(=O)[C@@H]1Cc2ccccc2CN1. The summed E-state index contributed by atoms with van der Waals surface area (Å²) < 4.78 is 0. The first-order valence-corrected chi connectivity index (χ1v) is 8.62. The molecule has 3 nitrogen and oxygen atoms in total. The van der Waals surface area contributed by atoms with Gasteiger partial charge >= 0.3 is 0 Å². The Morgan fingerprint density at radius 1 is 1.45 bits per heavy atom. The fourth-order valence-electron chi connectivity index (χ4n) is 2.75. The summed E-state index contributed by atoms with van der Waals surface area (Å²) >= 11 is 1.80. The molecule has 110 valence electrons. The van der Waals surface area contributed by atoms with Gasteiger partial charge in [-0.05, 0) is 30.2 Å². The Morgan fingerprint density at radius 3 is 2.80 bits per heavy atom. The zero-order chi connectivity index (χ0) is 14.5. The van der Waals surface area contributed by atoms with E-state index in [4.69, 9.17) is 0 Å². The number of hydrogen-bond donors (Lipinski definition) is 1. The number of carbonyl (C=O) groups is 1. The normalized spacial score (nSPS) is 19.2. The molecule has 1 heterocycles. The monoisotopic (exact) mass is 292 g/mol. The number of hydrogen-bond acceptors (Lipinski definition) is 3. The van der Waals surface area contributed by atoms with Gasteiger partial charge in [-0.25, -0.2) is 0 Å². The predicted octanol–water partition coefficient (Wildman–Crippen LogP) is 2.30. The number of nitrogens with zero attached hydrogens (tertiary/aromatic N) is 1. The number of nitrogens with one attached hydrogen (secondary N) is 1. The maximum absolute atomic E-state index is 12.6. The van der Waals surface area contributed by atoms with Crippen LogP contribution in [0.1, 0.15) is 24.5 Å². The summed E-state index contributed by atoms with van der Waals surface area (Å²) in [7, 11) is 1.94. The van der Waals surface area contributed by atoms with Crippen molar-refractivity contribution in [1.29, 1.82) is 0 Å². The van der Waals surface area contributed by atoms with Gasteiger partial charge in [0.1, 0.15) is 0 Å². The molecule has 1 aliphatic heterocycles. The minimum Gasteiger partial charge on any atom is -0.341 e. The summed E-state index contributed by atoms with van der Waals surface area (Å²) in [5.41, 5.74) is 2.62. The van der Waals surface area contributed by atoms with E-state index in [9.17, 15) is 4.79 Å². The highest BCUT2D eigenvalue weighted by Crippen LogP contribution is 2.18. The van der Waals surface area contributed by atoms with Gasteiger partial charge in [0, 0.05) is 25.4 Å². The molecule has 1 aliphatic rings. The highest BCUT2D eigenvalue weighted by atomic mass is 32.2. The van der Waals surface area contributed by atoms with Gasteiger partial charge in [0.15, 0.2) is 0 Å². The topological polar surface area (TPSA) is 32.3 Å². The van der Waals surface area contributed by atoms with E-state index in [2.05, 4.69) is 42.8 Å². The Hall–Kier alpha value is -1.00. The van der Waals surface area contributed by atoms with Gasteiger partial charge < -0.3 is 10.2 Å². The molecule has 2 rings (SSSR count). The van der Waals surface area contributed by atoms with Gasteiger partial charge in [0.05, 0.1) is 6.04 Å². The summed E-state index contributed by atoms with van der Waals surface area (Å²) in [6.45, 7) is 2.94. The second-order valence-electron chi connectivity index (χ2n) is 5.37. The van der Waals surface area contributed by atoms with Crippen molar-refractivity contribution in [2.45, 2.75) is 38.4 Å². The van der Waals surface area contributed by atoms with Crippen molar-refractivity contribution < 1.29 is 4.79 Å². The van der Waals surface area contributed by atoms with Crippen molar-refractivity contribution in [1.82, 2.24) is 10.2 Å². The van der Waals surface area contributed by atoms with Crippen LogP contribution >= 0.6 is 11.8 Å². The summed E-state index contributed by atoms with van der Waals surface area (Å²) in [6, 6.07) is 8.63.